The predicted molar refractivity (Wildman–Crippen MR) is 111 cm³/mol. The molecule has 1 heterocycles. The van der Waals surface area contributed by atoms with Crippen molar-refractivity contribution in [2.75, 3.05) is 17.3 Å². The number of alkyl halides is 3. The number of nitrogens with one attached hydrogen (secondary N) is 1. The van der Waals surface area contributed by atoms with Crippen molar-refractivity contribution >= 4 is 28.9 Å². The van der Waals surface area contributed by atoms with Crippen LogP contribution in [0.4, 0.5) is 28.9 Å². The van der Waals surface area contributed by atoms with Gasteiger partial charge in [0, 0.05) is 23.8 Å². The van der Waals surface area contributed by atoms with Crippen molar-refractivity contribution in [2.45, 2.75) is 26.1 Å². The Balaban J connectivity index is 1.95. The molecule has 0 radical (unpaired) electrons. The van der Waals surface area contributed by atoms with Crippen LogP contribution in [-0.4, -0.2) is 28.8 Å². The summed E-state index contributed by atoms with van der Waals surface area (Å²) in [7, 11) is 1.71. The molecule has 0 aliphatic rings. The Kier molecular flexibility index (Phi) is 6.26. The maximum atomic E-state index is 14.4. The summed E-state index contributed by atoms with van der Waals surface area (Å²) in [6.07, 6.45) is -4.06. The van der Waals surface area contributed by atoms with Crippen molar-refractivity contribution in [2.24, 2.45) is 0 Å². The molecule has 164 valence electrons. The molecule has 0 atom stereocenters. The minimum absolute atomic E-state index is 0.0204. The third-order valence-electron chi connectivity index (χ3n) is 4.70. The van der Waals surface area contributed by atoms with Crippen molar-refractivity contribution in [1.82, 2.24) is 9.78 Å². The minimum atomic E-state index is -4.87. The number of benzene rings is 2. The molecular formula is C21H19ClF4N4O. The summed E-state index contributed by atoms with van der Waals surface area (Å²) in [5, 5.41) is 6.25. The molecule has 0 unspecified atom stereocenters. The van der Waals surface area contributed by atoms with Crippen LogP contribution in [0.5, 0.6) is 0 Å². The van der Waals surface area contributed by atoms with E-state index in [0.29, 0.717) is 10.4 Å². The fraction of sp³-hybridized carbons (Fsp3) is 0.238. The molecule has 0 saturated carbocycles. The number of anilines is 2. The second-order valence-electron chi connectivity index (χ2n) is 7.12. The summed E-state index contributed by atoms with van der Waals surface area (Å²) in [4.78, 5) is 14.3. The van der Waals surface area contributed by atoms with Gasteiger partial charge in [-0.15, -0.1) is 0 Å². The molecule has 1 amide bonds. The Morgan fingerprint density at radius 2 is 1.90 bits per heavy atom. The Bertz CT molecular complexity index is 1110. The Morgan fingerprint density at radius 1 is 1.19 bits per heavy atom. The molecule has 2 aromatic carbocycles. The fourth-order valence-electron chi connectivity index (χ4n) is 2.94. The predicted octanol–water partition coefficient (Wildman–Crippen LogP) is 5.78. The third-order valence-corrected chi connectivity index (χ3v) is 4.93. The first-order valence-corrected chi connectivity index (χ1v) is 9.61. The molecular weight excluding hydrogens is 436 g/mol. The average Bonchev–Trinajstić information content (AvgIpc) is 3.13. The molecule has 0 aliphatic heterocycles. The Hall–Kier alpha value is -3.07. The SMILES string of the molecule is CC(C)N(C)c1ccc(NC(=O)c2cnn(-c3cccc(Cl)c3)c2C(F)(F)F)cc1F. The molecule has 0 bridgehead atoms. The smallest absolute Gasteiger partial charge is 0.370 e. The molecule has 0 fully saturated rings. The van der Waals surface area contributed by atoms with Gasteiger partial charge in [0.2, 0.25) is 0 Å². The van der Waals surface area contributed by atoms with Crippen LogP contribution in [0.1, 0.15) is 29.9 Å². The van der Waals surface area contributed by atoms with E-state index in [-0.39, 0.29) is 22.4 Å². The topological polar surface area (TPSA) is 50.2 Å². The lowest BCUT2D eigenvalue weighted by molar-refractivity contribution is -0.143. The lowest BCUT2D eigenvalue weighted by Gasteiger charge is -2.24. The summed E-state index contributed by atoms with van der Waals surface area (Å²) in [5.41, 5.74) is -1.59. The summed E-state index contributed by atoms with van der Waals surface area (Å²) in [6.45, 7) is 3.76. The minimum Gasteiger partial charge on any atom is -0.370 e. The van der Waals surface area contributed by atoms with Crippen molar-refractivity contribution < 1.29 is 22.4 Å². The van der Waals surface area contributed by atoms with E-state index in [1.165, 1.54) is 36.4 Å². The van der Waals surface area contributed by atoms with Crippen LogP contribution in [0.3, 0.4) is 0 Å². The summed E-state index contributed by atoms with van der Waals surface area (Å²) >= 11 is 5.87. The van der Waals surface area contributed by atoms with E-state index in [1.807, 2.05) is 13.8 Å². The van der Waals surface area contributed by atoms with Crippen LogP contribution in [0.15, 0.2) is 48.7 Å². The van der Waals surface area contributed by atoms with E-state index >= 15 is 0 Å². The van der Waals surface area contributed by atoms with Gasteiger partial charge in [0.25, 0.3) is 5.91 Å². The number of hydrogen-bond donors (Lipinski definition) is 1. The normalized spacial score (nSPS) is 11.6. The molecule has 0 aliphatic carbocycles. The molecule has 5 nitrogen and oxygen atoms in total. The first-order valence-electron chi connectivity index (χ1n) is 9.24. The van der Waals surface area contributed by atoms with Crippen LogP contribution >= 0.6 is 11.6 Å². The monoisotopic (exact) mass is 454 g/mol. The van der Waals surface area contributed by atoms with Gasteiger partial charge in [0.15, 0.2) is 5.69 Å². The average molecular weight is 455 g/mol. The van der Waals surface area contributed by atoms with Crippen molar-refractivity contribution in [3.63, 3.8) is 0 Å². The van der Waals surface area contributed by atoms with Gasteiger partial charge < -0.3 is 10.2 Å². The van der Waals surface area contributed by atoms with E-state index < -0.39 is 29.2 Å². The molecule has 31 heavy (non-hydrogen) atoms. The first kappa shape index (κ1) is 22.6. The number of nitrogens with zero attached hydrogens (tertiary/aromatic N) is 3. The van der Waals surface area contributed by atoms with Crippen LogP contribution in [0, 0.1) is 5.82 Å². The zero-order valence-electron chi connectivity index (χ0n) is 16.8. The lowest BCUT2D eigenvalue weighted by atomic mass is 10.2. The second-order valence-corrected chi connectivity index (χ2v) is 7.56. The van der Waals surface area contributed by atoms with E-state index in [2.05, 4.69) is 10.4 Å². The summed E-state index contributed by atoms with van der Waals surface area (Å²) in [5.74, 6) is -1.68. The maximum Gasteiger partial charge on any atom is 0.434 e. The van der Waals surface area contributed by atoms with Gasteiger partial charge in [-0.1, -0.05) is 17.7 Å². The zero-order chi connectivity index (χ0) is 22.9. The number of halogens is 5. The van der Waals surface area contributed by atoms with Gasteiger partial charge in [-0.25, -0.2) is 9.07 Å². The number of rotatable bonds is 5. The molecule has 3 aromatic rings. The fourth-order valence-corrected chi connectivity index (χ4v) is 3.12. The quantitative estimate of drug-likeness (QED) is 0.497. The number of aromatic nitrogens is 2. The van der Waals surface area contributed by atoms with Gasteiger partial charge in [-0.2, -0.15) is 18.3 Å². The third kappa shape index (κ3) is 4.82. The van der Waals surface area contributed by atoms with Crippen molar-refractivity contribution in [3.8, 4) is 5.69 Å². The molecule has 10 heteroatoms. The highest BCUT2D eigenvalue weighted by Crippen LogP contribution is 2.34. The summed E-state index contributed by atoms with van der Waals surface area (Å²) in [6, 6.07) is 9.61. The van der Waals surface area contributed by atoms with Crippen LogP contribution in [0.2, 0.25) is 5.02 Å². The number of carbonyl (C=O) groups is 1. The van der Waals surface area contributed by atoms with Gasteiger partial charge in [0.1, 0.15) is 5.82 Å². The highest BCUT2D eigenvalue weighted by atomic mass is 35.5. The van der Waals surface area contributed by atoms with E-state index in [0.717, 1.165) is 12.3 Å². The highest BCUT2D eigenvalue weighted by molar-refractivity contribution is 6.30. The first-order chi connectivity index (χ1) is 14.5. The zero-order valence-corrected chi connectivity index (χ0v) is 17.6. The van der Waals surface area contributed by atoms with Gasteiger partial charge in [0.05, 0.1) is 23.1 Å². The van der Waals surface area contributed by atoms with E-state index in [4.69, 9.17) is 11.6 Å². The molecule has 1 N–H and O–H groups in total. The maximum absolute atomic E-state index is 14.4. The van der Waals surface area contributed by atoms with Crippen molar-refractivity contribution in [1.29, 1.82) is 0 Å². The molecule has 3 rings (SSSR count). The summed E-state index contributed by atoms with van der Waals surface area (Å²) < 4.78 is 56.4. The number of carbonyl (C=O) groups excluding carboxylic acids is 1. The van der Waals surface area contributed by atoms with Gasteiger partial charge >= 0.3 is 6.18 Å². The molecule has 0 spiro atoms. The highest BCUT2D eigenvalue weighted by Gasteiger charge is 2.40. The van der Waals surface area contributed by atoms with Crippen LogP contribution < -0.4 is 10.2 Å². The van der Waals surface area contributed by atoms with Crippen molar-refractivity contribution in [3.05, 3.63) is 70.8 Å². The second kappa shape index (κ2) is 8.58. The largest absolute Gasteiger partial charge is 0.434 e. The number of amides is 1. The Morgan fingerprint density at radius 3 is 2.48 bits per heavy atom. The molecule has 1 aromatic heterocycles. The molecule has 0 saturated heterocycles. The number of hydrogen-bond acceptors (Lipinski definition) is 3. The van der Waals surface area contributed by atoms with Crippen LogP contribution in [0.25, 0.3) is 5.69 Å². The standard InChI is InChI=1S/C21H19ClF4N4O/c1-12(2)29(3)18-8-7-14(10-17(18)23)28-20(31)16-11-27-30(19(16)21(24,25)26)15-6-4-5-13(22)9-15/h4-12H,1-3H3,(H,28,31). The van der Waals surface area contributed by atoms with Crippen LogP contribution in [-0.2, 0) is 6.18 Å². The van der Waals surface area contributed by atoms with Gasteiger partial charge in [-0.3, -0.25) is 4.79 Å². The lowest BCUT2D eigenvalue weighted by Crippen LogP contribution is -2.26. The van der Waals surface area contributed by atoms with Gasteiger partial charge in [-0.05, 0) is 50.2 Å². The Labute approximate surface area is 181 Å². The van der Waals surface area contributed by atoms with E-state index in [9.17, 15) is 22.4 Å². The van der Waals surface area contributed by atoms with E-state index in [1.54, 1.807) is 11.9 Å².